The number of aliphatic hydroxyl groups is 2. The first kappa shape index (κ1) is 17.9. The summed E-state index contributed by atoms with van der Waals surface area (Å²) in [6.45, 7) is 13.7. The minimum atomic E-state index is -0.642. The molecule has 0 unspecified atom stereocenters. The zero-order valence-electron chi connectivity index (χ0n) is 14.0. The van der Waals surface area contributed by atoms with E-state index in [9.17, 15) is 10.2 Å². The van der Waals surface area contributed by atoms with Crippen LogP contribution < -0.4 is 0 Å². The summed E-state index contributed by atoms with van der Waals surface area (Å²) in [5, 5.41) is 20.0. The summed E-state index contributed by atoms with van der Waals surface area (Å²) in [4.78, 5) is 4.88. The summed E-state index contributed by atoms with van der Waals surface area (Å²) < 4.78 is 0. The normalized spacial score (nSPS) is 27.8. The van der Waals surface area contributed by atoms with Gasteiger partial charge in [-0.25, -0.2) is 0 Å². The Balaban J connectivity index is 2.71. The van der Waals surface area contributed by atoms with Gasteiger partial charge >= 0.3 is 0 Å². The Morgan fingerprint density at radius 1 is 1.05 bits per heavy atom. The molecule has 0 spiro atoms. The first-order valence-corrected chi connectivity index (χ1v) is 8.19. The van der Waals surface area contributed by atoms with Crippen LogP contribution in [0.5, 0.6) is 0 Å². The second-order valence-electron chi connectivity index (χ2n) is 6.88. The lowest BCUT2D eigenvalue weighted by Gasteiger charge is -2.48. The van der Waals surface area contributed by atoms with E-state index >= 15 is 0 Å². The van der Waals surface area contributed by atoms with Crippen LogP contribution in [0.1, 0.15) is 53.9 Å². The van der Waals surface area contributed by atoms with Crippen LogP contribution in [-0.4, -0.2) is 70.0 Å². The van der Waals surface area contributed by atoms with Crippen molar-refractivity contribution in [2.24, 2.45) is 0 Å². The summed E-state index contributed by atoms with van der Waals surface area (Å²) >= 11 is 0. The number of rotatable bonds is 7. The lowest BCUT2D eigenvalue weighted by Crippen LogP contribution is -2.61. The highest BCUT2D eigenvalue weighted by Gasteiger charge is 2.34. The molecule has 120 valence electrons. The van der Waals surface area contributed by atoms with Gasteiger partial charge in [-0.15, -0.1) is 0 Å². The summed E-state index contributed by atoms with van der Waals surface area (Å²) in [5.74, 6) is 0. The van der Waals surface area contributed by atoms with Gasteiger partial charge in [-0.05, 0) is 33.1 Å². The molecule has 20 heavy (non-hydrogen) atoms. The van der Waals surface area contributed by atoms with Gasteiger partial charge in [0.05, 0.1) is 11.7 Å². The van der Waals surface area contributed by atoms with Gasteiger partial charge in [-0.2, -0.15) is 0 Å². The fourth-order valence-corrected chi connectivity index (χ4v) is 3.16. The molecule has 2 N–H and O–H groups in total. The van der Waals surface area contributed by atoms with Gasteiger partial charge in [0.1, 0.15) is 0 Å². The molecule has 0 aromatic heterocycles. The van der Waals surface area contributed by atoms with Crippen molar-refractivity contribution < 1.29 is 10.2 Å². The van der Waals surface area contributed by atoms with Gasteiger partial charge < -0.3 is 10.2 Å². The zero-order chi connectivity index (χ0) is 15.3. The Hall–Kier alpha value is -0.160. The predicted octanol–water partition coefficient (Wildman–Crippen LogP) is 1.70. The van der Waals surface area contributed by atoms with E-state index in [2.05, 4.69) is 23.6 Å². The molecular weight excluding hydrogens is 252 g/mol. The molecular formula is C16H34N2O2. The number of piperazine rings is 1. The van der Waals surface area contributed by atoms with Crippen molar-refractivity contribution in [3.8, 4) is 0 Å². The van der Waals surface area contributed by atoms with Gasteiger partial charge in [-0.3, -0.25) is 9.80 Å². The topological polar surface area (TPSA) is 46.9 Å². The maximum Gasteiger partial charge on any atom is 0.0718 e. The second-order valence-corrected chi connectivity index (χ2v) is 6.88. The summed E-state index contributed by atoms with van der Waals surface area (Å²) in [6.07, 6.45) is 2.78. The Morgan fingerprint density at radius 3 is 2.00 bits per heavy atom. The van der Waals surface area contributed by atoms with Crippen molar-refractivity contribution in [2.45, 2.75) is 77.7 Å². The van der Waals surface area contributed by atoms with Crippen LogP contribution in [0, 0.1) is 0 Å². The molecule has 0 aliphatic carbocycles. The van der Waals surface area contributed by atoms with Crippen LogP contribution in [0.4, 0.5) is 0 Å². The monoisotopic (exact) mass is 286 g/mol. The number of β-amino-alcohol motifs (C(OH)–C–C–N with tert-alkyl or cyclic N) is 2. The van der Waals surface area contributed by atoms with Crippen molar-refractivity contribution in [3.63, 3.8) is 0 Å². The van der Waals surface area contributed by atoms with Crippen LogP contribution in [0.25, 0.3) is 0 Å². The van der Waals surface area contributed by atoms with E-state index in [-0.39, 0.29) is 6.10 Å². The largest absolute Gasteiger partial charge is 0.392 e. The molecule has 4 heteroatoms. The molecule has 0 aromatic carbocycles. The van der Waals surface area contributed by atoms with Crippen molar-refractivity contribution in [1.29, 1.82) is 0 Å². The van der Waals surface area contributed by atoms with Crippen LogP contribution in [0.3, 0.4) is 0 Å². The van der Waals surface area contributed by atoms with Crippen LogP contribution in [0.2, 0.25) is 0 Å². The van der Waals surface area contributed by atoms with E-state index in [1.165, 1.54) is 0 Å². The summed E-state index contributed by atoms with van der Waals surface area (Å²) in [7, 11) is 0. The maximum atomic E-state index is 10.1. The SMILES string of the molecule is CC[C@H](O)CN1C[C@@H](CC)N(CC(C)(C)O)C[C@@H]1CC. The Labute approximate surface area is 124 Å². The van der Waals surface area contributed by atoms with E-state index in [0.29, 0.717) is 12.1 Å². The quantitative estimate of drug-likeness (QED) is 0.748. The molecule has 1 aliphatic heterocycles. The van der Waals surface area contributed by atoms with E-state index in [1.54, 1.807) is 0 Å². The molecule has 1 heterocycles. The van der Waals surface area contributed by atoms with Crippen LogP contribution in [-0.2, 0) is 0 Å². The highest BCUT2D eigenvalue weighted by atomic mass is 16.3. The molecule has 1 saturated heterocycles. The molecule has 1 aliphatic rings. The molecule has 0 radical (unpaired) electrons. The molecule has 1 rings (SSSR count). The van der Waals surface area contributed by atoms with Crippen molar-refractivity contribution in [2.75, 3.05) is 26.2 Å². The minimum Gasteiger partial charge on any atom is -0.392 e. The van der Waals surface area contributed by atoms with Gasteiger partial charge in [0.15, 0.2) is 0 Å². The van der Waals surface area contributed by atoms with Crippen LogP contribution >= 0.6 is 0 Å². The number of nitrogens with zero attached hydrogens (tertiary/aromatic N) is 2. The van der Waals surface area contributed by atoms with E-state index in [1.807, 2.05) is 20.8 Å². The average Bonchev–Trinajstić information content (AvgIpc) is 2.37. The molecule has 0 bridgehead atoms. The fourth-order valence-electron chi connectivity index (χ4n) is 3.16. The lowest BCUT2D eigenvalue weighted by molar-refractivity contribution is -0.0405. The Kier molecular flexibility index (Phi) is 6.92. The molecule has 0 saturated carbocycles. The third-order valence-electron chi connectivity index (χ3n) is 4.37. The van der Waals surface area contributed by atoms with E-state index < -0.39 is 5.60 Å². The van der Waals surface area contributed by atoms with E-state index in [4.69, 9.17) is 0 Å². The smallest absolute Gasteiger partial charge is 0.0718 e. The average molecular weight is 286 g/mol. The standard InChI is InChI=1S/C16H34N2O2/c1-6-13-10-18(12-16(4,5)20)14(7-2)9-17(13)11-15(19)8-3/h13-15,19-20H,6-12H2,1-5H3/t13-,14+,15-/m0/s1. The molecule has 0 aromatic rings. The van der Waals surface area contributed by atoms with Crippen molar-refractivity contribution in [3.05, 3.63) is 0 Å². The highest BCUT2D eigenvalue weighted by molar-refractivity contribution is 4.90. The first-order valence-electron chi connectivity index (χ1n) is 8.19. The second kappa shape index (κ2) is 7.74. The molecule has 1 fully saturated rings. The number of aliphatic hydroxyl groups excluding tert-OH is 1. The number of hydrogen-bond acceptors (Lipinski definition) is 4. The first-order chi connectivity index (χ1) is 9.30. The van der Waals surface area contributed by atoms with Crippen molar-refractivity contribution in [1.82, 2.24) is 9.80 Å². The predicted molar refractivity (Wildman–Crippen MR) is 83.9 cm³/mol. The van der Waals surface area contributed by atoms with Gasteiger partial charge in [0.2, 0.25) is 0 Å². The van der Waals surface area contributed by atoms with Gasteiger partial charge in [0, 0.05) is 38.3 Å². The Morgan fingerprint density at radius 2 is 1.55 bits per heavy atom. The third-order valence-corrected chi connectivity index (χ3v) is 4.37. The summed E-state index contributed by atoms with van der Waals surface area (Å²) in [5.41, 5.74) is -0.642. The van der Waals surface area contributed by atoms with Crippen LogP contribution in [0.15, 0.2) is 0 Å². The molecule has 3 atom stereocenters. The molecule has 4 nitrogen and oxygen atoms in total. The van der Waals surface area contributed by atoms with Gasteiger partial charge in [-0.1, -0.05) is 20.8 Å². The zero-order valence-corrected chi connectivity index (χ0v) is 14.0. The highest BCUT2D eigenvalue weighted by Crippen LogP contribution is 2.22. The lowest BCUT2D eigenvalue weighted by atomic mass is 9.99. The molecule has 0 amide bonds. The minimum absolute atomic E-state index is 0.220. The fraction of sp³-hybridized carbons (Fsp3) is 1.00. The van der Waals surface area contributed by atoms with Crippen molar-refractivity contribution >= 4 is 0 Å². The Bertz CT molecular complexity index is 278. The van der Waals surface area contributed by atoms with E-state index in [0.717, 1.165) is 45.4 Å². The number of hydrogen-bond donors (Lipinski definition) is 2. The van der Waals surface area contributed by atoms with Gasteiger partial charge in [0.25, 0.3) is 0 Å². The summed E-state index contributed by atoms with van der Waals surface area (Å²) in [6, 6.07) is 0.967. The maximum absolute atomic E-state index is 10.1. The third kappa shape index (κ3) is 5.32.